The number of benzene rings is 1. The number of hydrogen-bond acceptors (Lipinski definition) is 2. The van der Waals surface area contributed by atoms with E-state index in [1.165, 1.54) is 0 Å². The van der Waals surface area contributed by atoms with Gasteiger partial charge in [0.2, 0.25) is 0 Å². The Morgan fingerprint density at radius 2 is 1.90 bits per heavy atom. The van der Waals surface area contributed by atoms with E-state index in [1.807, 2.05) is 30.3 Å². The van der Waals surface area contributed by atoms with Crippen LogP contribution in [-0.2, 0) is 6.54 Å². The molecule has 0 radical (unpaired) electrons. The molecule has 1 heterocycles. The van der Waals surface area contributed by atoms with E-state index in [9.17, 15) is 4.79 Å². The van der Waals surface area contributed by atoms with Crippen LogP contribution in [0.3, 0.4) is 0 Å². The maximum absolute atomic E-state index is 12.1. The normalized spacial score (nSPS) is 10.6. The van der Waals surface area contributed by atoms with Gasteiger partial charge < -0.3 is 9.30 Å². The van der Waals surface area contributed by atoms with Crippen molar-refractivity contribution in [3.8, 4) is 5.75 Å². The van der Waals surface area contributed by atoms with Crippen molar-refractivity contribution in [3.05, 3.63) is 63.5 Å². The van der Waals surface area contributed by atoms with Crippen molar-refractivity contribution in [2.75, 3.05) is 6.61 Å². The maximum atomic E-state index is 12.1. The van der Waals surface area contributed by atoms with E-state index < -0.39 is 0 Å². The van der Waals surface area contributed by atoms with Gasteiger partial charge in [-0.3, -0.25) is 4.79 Å². The molecule has 21 heavy (non-hydrogen) atoms. The minimum atomic E-state index is -0.0575. The van der Waals surface area contributed by atoms with Crippen LogP contribution in [0.25, 0.3) is 0 Å². The molecule has 0 aliphatic rings. The van der Waals surface area contributed by atoms with Crippen molar-refractivity contribution < 1.29 is 4.74 Å². The van der Waals surface area contributed by atoms with Crippen molar-refractivity contribution in [1.82, 2.24) is 4.57 Å². The molecule has 0 atom stereocenters. The van der Waals surface area contributed by atoms with Crippen LogP contribution < -0.4 is 10.3 Å². The Labute approximate surface area is 130 Å². The molecule has 2 aromatic rings. The SMILES string of the molecule is CCCCCOc1ccn(Cc2ccc(Cl)cc2)c(=O)c1. The van der Waals surface area contributed by atoms with Gasteiger partial charge in [0.25, 0.3) is 5.56 Å². The van der Waals surface area contributed by atoms with E-state index in [0.717, 1.165) is 24.8 Å². The second-order valence-corrected chi connectivity index (χ2v) is 5.45. The number of unbranched alkanes of at least 4 members (excludes halogenated alkanes) is 2. The summed E-state index contributed by atoms with van der Waals surface area (Å²) in [6.07, 6.45) is 5.09. The van der Waals surface area contributed by atoms with Crippen LogP contribution in [0.5, 0.6) is 5.75 Å². The minimum absolute atomic E-state index is 0.0575. The number of pyridine rings is 1. The van der Waals surface area contributed by atoms with Crippen LogP contribution in [0, 0.1) is 0 Å². The lowest BCUT2D eigenvalue weighted by molar-refractivity contribution is 0.305. The van der Waals surface area contributed by atoms with Crippen LogP contribution in [0.15, 0.2) is 47.4 Å². The van der Waals surface area contributed by atoms with E-state index in [2.05, 4.69) is 6.92 Å². The number of halogens is 1. The molecule has 2 rings (SSSR count). The van der Waals surface area contributed by atoms with E-state index in [1.54, 1.807) is 16.8 Å². The van der Waals surface area contributed by atoms with E-state index in [4.69, 9.17) is 16.3 Å². The second-order valence-electron chi connectivity index (χ2n) is 5.01. The average molecular weight is 306 g/mol. The van der Waals surface area contributed by atoms with E-state index >= 15 is 0 Å². The fourth-order valence-electron chi connectivity index (χ4n) is 2.04. The Morgan fingerprint density at radius 1 is 1.14 bits per heavy atom. The Bertz CT molecular complexity index is 619. The monoisotopic (exact) mass is 305 g/mol. The summed E-state index contributed by atoms with van der Waals surface area (Å²) in [5, 5.41) is 0.696. The summed E-state index contributed by atoms with van der Waals surface area (Å²) < 4.78 is 7.23. The van der Waals surface area contributed by atoms with Gasteiger partial charge in [-0.05, 0) is 30.2 Å². The van der Waals surface area contributed by atoms with Crippen molar-refractivity contribution in [3.63, 3.8) is 0 Å². The Hall–Kier alpha value is -1.74. The van der Waals surface area contributed by atoms with Gasteiger partial charge in [-0.1, -0.05) is 43.5 Å². The predicted octanol–water partition coefficient (Wildman–Crippen LogP) is 4.12. The van der Waals surface area contributed by atoms with Gasteiger partial charge in [-0.25, -0.2) is 0 Å². The summed E-state index contributed by atoms with van der Waals surface area (Å²) in [5.41, 5.74) is 0.982. The molecule has 3 nitrogen and oxygen atoms in total. The zero-order chi connectivity index (χ0) is 15.1. The quantitative estimate of drug-likeness (QED) is 0.721. The van der Waals surface area contributed by atoms with Crippen LogP contribution in [0.1, 0.15) is 31.7 Å². The van der Waals surface area contributed by atoms with Crippen LogP contribution in [0.4, 0.5) is 0 Å². The highest BCUT2D eigenvalue weighted by Gasteiger charge is 2.01. The summed E-state index contributed by atoms with van der Waals surface area (Å²) in [7, 11) is 0. The van der Waals surface area contributed by atoms with Crippen molar-refractivity contribution in [2.24, 2.45) is 0 Å². The number of ether oxygens (including phenoxy) is 1. The fourth-order valence-corrected chi connectivity index (χ4v) is 2.16. The number of aromatic nitrogens is 1. The first kappa shape index (κ1) is 15.6. The van der Waals surface area contributed by atoms with Crippen LogP contribution in [0.2, 0.25) is 5.02 Å². The van der Waals surface area contributed by atoms with Crippen LogP contribution >= 0.6 is 11.6 Å². The first-order chi connectivity index (χ1) is 10.2. The zero-order valence-corrected chi connectivity index (χ0v) is 13.0. The molecule has 1 aromatic heterocycles. The summed E-state index contributed by atoms with van der Waals surface area (Å²) in [4.78, 5) is 12.1. The van der Waals surface area contributed by atoms with Crippen LogP contribution in [-0.4, -0.2) is 11.2 Å². The Kier molecular flexibility index (Phi) is 5.88. The van der Waals surface area contributed by atoms with Gasteiger partial charge in [-0.15, -0.1) is 0 Å². The first-order valence-electron chi connectivity index (χ1n) is 7.27. The van der Waals surface area contributed by atoms with Crippen molar-refractivity contribution in [2.45, 2.75) is 32.7 Å². The van der Waals surface area contributed by atoms with Gasteiger partial charge >= 0.3 is 0 Å². The molecule has 0 saturated heterocycles. The standard InChI is InChI=1S/C17H20ClNO2/c1-2-3-4-11-21-16-9-10-19(17(20)12-16)13-14-5-7-15(18)8-6-14/h5-10,12H,2-4,11,13H2,1H3. The fraction of sp³-hybridized carbons (Fsp3) is 0.353. The molecule has 0 saturated carbocycles. The largest absolute Gasteiger partial charge is 0.493 e. The van der Waals surface area contributed by atoms with Crippen molar-refractivity contribution >= 4 is 11.6 Å². The highest BCUT2D eigenvalue weighted by Crippen LogP contribution is 2.11. The average Bonchev–Trinajstić information content (AvgIpc) is 2.48. The minimum Gasteiger partial charge on any atom is -0.493 e. The lowest BCUT2D eigenvalue weighted by Crippen LogP contribution is -2.19. The molecule has 0 amide bonds. The molecule has 1 aromatic carbocycles. The third kappa shape index (κ3) is 4.94. The summed E-state index contributed by atoms with van der Waals surface area (Å²) in [6, 6.07) is 10.9. The molecule has 0 fully saturated rings. The predicted molar refractivity (Wildman–Crippen MR) is 86.3 cm³/mol. The molecule has 0 unspecified atom stereocenters. The molecule has 0 bridgehead atoms. The van der Waals surface area contributed by atoms with E-state index in [-0.39, 0.29) is 5.56 Å². The molecule has 4 heteroatoms. The third-order valence-corrected chi connectivity index (χ3v) is 3.50. The van der Waals surface area contributed by atoms with Gasteiger partial charge in [0.15, 0.2) is 0 Å². The Morgan fingerprint density at radius 3 is 2.57 bits per heavy atom. The van der Waals surface area contributed by atoms with Gasteiger partial charge in [0, 0.05) is 17.3 Å². The van der Waals surface area contributed by atoms with Crippen molar-refractivity contribution in [1.29, 1.82) is 0 Å². The Balaban J connectivity index is 1.98. The second kappa shape index (κ2) is 7.89. The molecule has 0 aliphatic carbocycles. The lowest BCUT2D eigenvalue weighted by Gasteiger charge is -2.09. The number of hydrogen-bond donors (Lipinski definition) is 0. The molecule has 0 N–H and O–H groups in total. The molecular weight excluding hydrogens is 286 g/mol. The summed E-state index contributed by atoms with van der Waals surface area (Å²) in [6.45, 7) is 3.35. The number of nitrogens with zero attached hydrogens (tertiary/aromatic N) is 1. The third-order valence-electron chi connectivity index (χ3n) is 3.25. The zero-order valence-electron chi connectivity index (χ0n) is 12.2. The lowest BCUT2D eigenvalue weighted by atomic mass is 10.2. The smallest absolute Gasteiger partial charge is 0.254 e. The van der Waals surface area contributed by atoms with Gasteiger partial charge in [0.1, 0.15) is 5.75 Å². The molecule has 112 valence electrons. The maximum Gasteiger partial charge on any atom is 0.254 e. The summed E-state index contributed by atoms with van der Waals surface area (Å²) in [5.74, 6) is 0.642. The highest BCUT2D eigenvalue weighted by molar-refractivity contribution is 6.30. The first-order valence-corrected chi connectivity index (χ1v) is 7.64. The summed E-state index contributed by atoms with van der Waals surface area (Å²) >= 11 is 5.85. The highest BCUT2D eigenvalue weighted by atomic mass is 35.5. The van der Waals surface area contributed by atoms with Gasteiger partial charge in [-0.2, -0.15) is 0 Å². The number of rotatable bonds is 7. The molecule has 0 spiro atoms. The molecular formula is C17H20ClNO2. The van der Waals surface area contributed by atoms with E-state index in [0.29, 0.717) is 23.9 Å². The molecule has 0 aliphatic heterocycles. The topological polar surface area (TPSA) is 31.2 Å². The van der Waals surface area contributed by atoms with Gasteiger partial charge in [0.05, 0.1) is 13.2 Å².